The molecule has 1 aliphatic heterocycles. The first-order valence-electron chi connectivity index (χ1n) is 8.40. The molecule has 6 heteroatoms. The number of nitrogens with one attached hydrogen (secondary N) is 1. The molecule has 1 saturated heterocycles. The molecule has 0 bridgehead atoms. The zero-order valence-electron chi connectivity index (χ0n) is 14.2. The number of benzene rings is 2. The minimum absolute atomic E-state index is 0.160. The van der Waals surface area contributed by atoms with Crippen LogP contribution in [0.5, 0.6) is 0 Å². The topological polar surface area (TPSA) is 66.5 Å². The van der Waals surface area contributed by atoms with E-state index >= 15 is 0 Å². The average molecular weight is 358 g/mol. The molecule has 3 rings (SSSR count). The van der Waals surface area contributed by atoms with Gasteiger partial charge in [0.2, 0.25) is 15.9 Å². The molecule has 1 aliphatic rings. The molecule has 1 fully saturated rings. The van der Waals surface area contributed by atoms with Crippen molar-refractivity contribution in [2.75, 3.05) is 13.1 Å². The molecule has 0 spiro atoms. The highest BCUT2D eigenvalue weighted by atomic mass is 32.2. The molecule has 0 radical (unpaired) electrons. The van der Waals surface area contributed by atoms with E-state index in [-0.39, 0.29) is 10.8 Å². The third kappa shape index (κ3) is 4.08. The summed E-state index contributed by atoms with van der Waals surface area (Å²) in [6.07, 6.45) is 1.91. The van der Waals surface area contributed by atoms with E-state index in [2.05, 4.69) is 4.72 Å². The normalized spacial score (nSPS) is 16.0. The Balaban J connectivity index is 1.91. The molecule has 2 aromatic rings. The van der Waals surface area contributed by atoms with Gasteiger partial charge in [-0.1, -0.05) is 48.0 Å². The fourth-order valence-corrected chi connectivity index (χ4v) is 4.14. The first-order chi connectivity index (χ1) is 12.0. The lowest BCUT2D eigenvalue weighted by molar-refractivity contribution is -0.132. The maximum atomic E-state index is 12.9. The van der Waals surface area contributed by atoms with Gasteiger partial charge in [0, 0.05) is 13.1 Å². The van der Waals surface area contributed by atoms with Crippen LogP contribution in [0, 0.1) is 6.92 Å². The van der Waals surface area contributed by atoms with E-state index in [1.807, 2.05) is 13.0 Å². The summed E-state index contributed by atoms with van der Waals surface area (Å²) < 4.78 is 28.1. The number of likely N-dealkylation sites (tertiary alicyclic amines) is 1. The summed E-state index contributed by atoms with van der Waals surface area (Å²) in [5.74, 6) is -0.195. The van der Waals surface area contributed by atoms with Gasteiger partial charge in [0.1, 0.15) is 6.04 Å². The summed E-state index contributed by atoms with van der Waals surface area (Å²) in [4.78, 5) is 14.8. The number of sulfonamides is 1. The van der Waals surface area contributed by atoms with Gasteiger partial charge >= 0.3 is 0 Å². The zero-order chi connectivity index (χ0) is 17.9. The van der Waals surface area contributed by atoms with E-state index in [1.54, 1.807) is 53.4 Å². The lowest BCUT2D eigenvalue weighted by Gasteiger charge is -2.24. The van der Waals surface area contributed by atoms with Crippen LogP contribution in [0.15, 0.2) is 59.5 Å². The highest BCUT2D eigenvalue weighted by molar-refractivity contribution is 7.89. The van der Waals surface area contributed by atoms with Gasteiger partial charge in [-0.3, -0.25) is 4.79 Å². The highest BCUT2D eigenvalue weighted by Gasteiger charge is 2.31. The Labute approximate surface area is 148 Å². The Morgan fingerprint density at radius 1 is 1.00 bits per heavy atom. The van der Waals surface area contributed by atoms with Gasteiger partial charge in [0.25, 0.3) is 0 Å². The van der Waals surface area contributed by atoms with Crippen LogP contribution in [-0.4, -0.2) is 32.3 Å². The number of rotatable bonds is 5. The Morgan fingerprint density at radius 3 is 2.20 bits per heavy atom. The van der Waals surface area contributed by atoms with E-state index in [0.717, 1.165) is 18.4 Å². The predicted octanol–water partition coefficient (Wildman–Crippen LogP) is 2.64. The lowest BCUT2D eigenvalue weighted by atomic mass is 10.1. The molecular formula is C19H22N2O3S. The SMILES string of the molecule is Cc1ccc(S(=O)(=O)N[C@H](C(=O)N2CCCC2)c2ccccc2)cc1. The summed E-state index contributed by atoms with van der Waals surface area (Å²) in [5.41, 5.74) is 1.63. The van der Waals surface area contributed by atoms with Gasteiger partial charge in [-0.2, -0.15) is 4.72 Å². The minimum atomic E-state index is -3.80. The van der Waals surface area contributed by atoms with E-state index in [9.17, 15) is 13.2 Å². The molecule has 132 valence electrons. The van der Waals surface area contributed by atoms with Crippen molar-refractivity contribution in [2.24, 2.45) is 0 Å². The van der Waals surface area contributed by atoms with Crippen molar-refractivity contribution in [2.45, 2.75) is 30.7 Å². The van der Waals surface area contributed by atoms with Crippen molar-refractivity contribution >= 4 is 15.9 Å². The van der Waals surface area contributed by atoms with Gasteiger partial charge in [0.05, 0.1) is 4.90 Å². The maximum Gasteiger partial charge on any atom is 0.245 e. The summed E-state index contributed by atoms with van der Waals surface area (Å²) >= 11 is 0. The molecule has 5 nitrogen and oxygen atoms in total. The van der Waals surface area contributed by atoms with Gasteiger partial charge in [-0.25, -0.2) is 8.42 Å². The molecule has 1 heterocycles. The second-order valence-electron chi connectivity index (χ2n) is 6.31. The molecular weight excluding hydrogens is 336 g/mol. The van der Waals surface area contributed by atoms with Gasteiger partial charge in [-0.15, -0.1) is 0 Å². The second-order valence-corrected chi connectivity index (χ2v) is 8.02. The molecule has 0 unspecified atom stereocenters. The quantitative estimate of drug-likeness (QED) is 0.893. The summed E-state index contributed by atoms with van der Waals surface area (Å²) in [7, 11) is -3.80. The van der Waals surface area contributed by atoms with Gasteiger partial charge in [0.15, 0.2) is 0 Å². The molecule has 0 aromatic heterocycles. The van der Waals surface area contributed by atoms with Crippen LogP contribution in [0.25, 0.3) is 0 Å². The number of hydrogen-bond acceptors (Lipinski definition) is 3. The van der Waals surface area contributed by atoms with Crippen molar-refractivity contribution in [1.82, 2.24) is 9.62 Å². The van der Waals surface area contributed by atoms with Crippen LogP contribution < -0.4 is 4.72 Å². The van der Waals surface area contributed by atoms with Crippen molar-refractivity contribution < 1.29 is 13.2 Å². The average Bonchev–Trinajstić information content (AvgIpc) is 3.15. The Bertz CT molecular complexity index is 827. The molecule has 0 aliphatic carbocycles. The largest absolute Gasteiger partial charge is 0.341 e. The molecule has 2 aromatic carbocycles. The monoisotopic (exact) mass is 358 g/mol. The highest BCUT2D eigenvalue weighted by Crippen LogP contribution is 2.22. The Kier molecular flexibility index (Phi) is 5.20. The number of nitrogens with zero attached hydrogens (tertiary/aromatic N) is 1. The second kappa shape index (κ2) is 7.37. The summed E-state index contributed by atoms with van der Waals surface area (Å²) in [5, 5.41) is 0. The van der Waals surface area contributed by atoms with Gasteiger partial charge in [-0.05, 0) is 37.5 Å². The number of carbonyl (C=O) groups excluding carboxylic acids is 1. The zero-order valence-corrected chi connectivity index (χ0v) is 15.0. The Hall–Kier alpha value is -2.18. The van der Waals surface area contributed by atoms with E-state index in [4.69, 9.17) is 0 Å². The van der Waals surface area contributed by atoms with Crippen LogP contribution in [-0.2, 0) is 14.8 Å². The van der Waals surface area contributed by atoms with E-state index in [1.165, 1.54) is 0 Å². The third-order valence-electron chi connectivity index (χ3n) is 4.40. The van der Waals surface area contributed by atoms with Crippen molar-refractivity contribution in [1.29, 1.82) is 0 Å². The fraction of sp³-hybridized carbons (Fsp3) is 0.316. The standard InChI is InChI=1S/C19H22N2O3S/c1-15-9-11-17(12-10-15)25(23,24)20-18(16-7-3-2-4-8-16)19(22)21-13-5-6-14-21/h2-4,7-12,18,20H,5-6,13-14H2,1H3/t18-/m0/s1. The maximum absolute atomic E-state index is 12.9. The fourth-order valence-electron chi connectivity index (χ4n) is 2.97. The number of amides is 1. The Morgan fingerprint density at radius 2 is 1.60 bits per heavy atom. The molecule has 25 heavy (non-hydrogen) atoms. The predicted molar refractivity (Wildman–Crippen MR) is 96.5 cm³/mol. The van der Waals surface area contributed by atoms with Crippen molar-refractivity contribution in [3.8, 4) is 0 Å². The van der Waals surface area contributed by atoms with Crippen LogP contribution in [0.3, 0.4) is 0 Å². The molecule has 0 saturated carbocycles. The van der Waals surface area contributed by atoms with Gasteiger partial charge < -0.3 is 4.90 Å². The molecule has 1 N–H and O–H groups in total. The first-order valence-corrected chi connectivity index (χ1v) is 9.88. The van der Waals surface area contributed by atoms with Crippen LogP contribution in [0.2, 0.25) is 0 Å². The first kappa shape index (κ1) is 17.6. The smallest absolute Gasteiger partial charge is 0.245 e. The minimum Gasteiger partial charge on any atom is -0.341 e. The summed E-state index contributed by atoms with van der Waals surface area (Å²) in [6, 6.07) is 14.7. The molecule has 1 amide bonds. The number of hydrogen-bond donors (Lipinski definition) is 1. The number of aryl methyl sites for hydroxylation is 1. The van der Waals surface area contributed by atoms with Crippen molar-refractivity contribution in [3.63, 3.8) is 0 Å². The van der Waals surface area contributed by atoms with E-state index < -0.39 is 16.1 Å². The lowest BCUT2D eigenvalue weighted by Crippen LogP contribution is -2.41. The van der Waals surface area contributed by atoms with Crippen LogP contribution >= 0.6 is 0 Å². The van der Waals surface area contributed by atoms with Crippen LogP contribution in [0.4, 0.5) is 0 Å². The number of carbonyl (C=O) groups is 1. The van der Waals surface area contributed by atoms with Crippen molar-refractivity contribution in [3.05, 3.63) is 65.7 Å². The summed E-state index contributed by atoms with van der Waals surface area (Å²) in [6.45, 7) is 3.25. The third-order valence-corrected chi connectivity index (χ3v) is 5.84. The van der Waals surface area contributed by atoms with E-state index in [0.29, 0.717) is 18.7 Å². The van der Waals surface area contributed by atoms with Crippen LogP contribution in [0.1, 0.15) is 30.0 Å². The molecule has 1 atom stereocenters.